The number of halogens is 1. The molecule has 0 bridgehead atoms. The zero-order valence-corrected chi connectivity index (χ0v) is 9.32. The van der Waals surface area contributed by atoms with E-state index in [2.05, 4.69) is 4.98 Å². The third kappa shape index (κ3) is 1.69. The third-order valence-electron chi connectivity index (χ3n) is 2.30. The molecule has 0 aliphatic heterocycles. The Morgan fingerprint density at radius 3 is 3.00 bits per heavy atom. The number of carboxylic acid groups (broad SMARTS) is 1. The van der Waals surface area contributed by atoms with Gasteiger partial charge in [0.15, 0.2) is 0 Å². The molecule has 0 saturated heterocycles. The van der Waals surface area contributed by atoms with Crippen LogP contribution < -0.4 is 5.73 Å². The smallest absolute Gasteiger partial charge is 0.309 e. The van der Waals surface area contributed by atoms with E-state index in [4.69, 9.17) is 22.4 Å². The molecule has 0 spiro atoms. The molecule has 0 unspecified atom stereocenters. The first-order valence-corrected chi connectivity index (χ1v) is 5.01. The molecular weight excluding hydrogens is 230 g/mol. The summed E-state index contributed by atoms with van der Waals surface area (Å²) < 4.78 is 1.61. The van der Waals surface area contributed by atoms with E-state index in [1.54, 1.807) is 16.7 Å². The number of aryl methyl sites for hydroxylation is 1. The Hall–Kier alpha value is -1.75. The molecule has 0 atom stereocenters. The second-order valence-electron chi connectivity index (χ2n) is 3.55. The number of carbonyl (C=O) groups is 1. The fourth-order valence-electron chi connectivity index (χ4n) is 1.61. The van der Waals surface area contributed by atoms with Gasteiger partial charge >= 0.3 is 5.97 Å². The van der Waals surface area contributed by atoms with Gasteiger partial charge in [-0.05, 0) is 18.6 Å². The SMILES string of the molecule is Cc1cc(Cl)cn2c(N)c(CC(=O)O)nc12. The molecule has 0 aliphatic rings. The van der Waals surface area contributed by atoms with Crippen LogP contribution in [-0.4, -0.2) is 20.5 Å². The minimum atomic E-state index is -0.959. The number of imidazole rings is 1. The van der Waals surface area contributed by atoms with Crippen molar-refractivity contribution >= 4 is 29.0 Å². The lowest BCUT2D eigenvalue weighted by atomic mass is 10.3. The number of hydrogen-bond acceptors (Lipinski definition) is 3. The fraction of sp³-hybridized carbons (Fsp3) is 0.200. The lowest BCUT2D eigenvalue weighted by Gasteiger charge is -2.00. The van der Waals surface area contributed by atoms with E-state index in [0.29, 0.717) is 22.2 Å². The number of nitrogens with two attached hydrogens (primary N) is 1. The number of aromatic nitrogens is 2. The molecule has 0 aliphatic carbocycles. The van der Waals surface area contributed by atoms with Crippen molar-refractivity contribution in [2.75, 3.05) is 5.73 Å². The van der Waals surface area contributed by atoms with Crippen LogP contribution >= 0.6 is 11.6 Å². The Morgan fingerprint density at radius 1 is 1.69 bits per heavy atom. The van der Waals surface area contributed by atoms with Crippen LogP contribution in [0.5, 0.6) is 0 Å². The summed E-state index contributed by atoms with van der Waals surface area (Å²) in [7, 11) is 0. The van der Waals surface area contributed by atoms with Gasteiger partial charge in [0.25, 0.3) is 0 Å². The molecular formula is C10H10ClN3O2. The van der Waals surface area contributed by atoms with Gasteiger partial charge in [-0.1, -0.05) is 11.6 Å². The van der Waals surface area contributed by atoms with E-state index in [9.17, 15) is 4.79 Å². The molecule has 0 saturated carbocycles. The number of fused-ring (bicyclic) bond motifs is 1. The van der Waals surface area contributed by atoms with Crippen molar-refractivity contribution < 1.29 is 9.90 Å². The van der Waals surface area contributed by atoms with Gasteiger partial charge < -0.3 is 10.8 Å². The molecule has 0 aromatic carbocycles. The number of nitrogen functional groups attached to an aromatic ring is 1. The first-order valence-electron chi connectivity index (χ1n) is 4.63. The van der Waals surface area contributed by atoms with Crippen LogP contribution in [0, 0.1) is 6.92 Å². The summed E-state index contributed by atoms with van der Waals surface area (Å²) in [5, 5.41) is 9.25. The molecule has 84 valence electrons. The van der Waals surface area contributed by atoms with Crippen LogP contribution in [0.25, 0.3) is 5.65 Å². The van der Waals surface area contributed by atoms with Gasteiger partial charge in [-0.25, -0.2) is 4.98 Å². The van der Waals surface area contributed by atoms with Crippen LogP contribution in [0.2, 0.25) is 5.02 Å². The number of nitrogens with zero attached hydrogens (tertiary/aromatic N) is 2. The second kappa shape index (κ2) is 3.68. The number of anilines is 1. The number of carboxylic acids is 1. The van der Waals surface area contributed by atoms with Gasteiger partial charge in [-0.15, -0.1) is 0 Å². The first kappa shape index (κ1) is 10.8. The Balaban J connectivity index is 2.67. The highest BCUT2D eigenvalue weighted by molar-refractivity contribution is 6.30. The zero-order valence-electron chi connectivity index (χ0n) is 8.57. The minimum absolute atomic E-state index is 0.190. The number of aliphatic carboxylic acids is 1. The van der Waals surface area contributed by atoms with Crippen molar-refractivity contribution in [3.8, 4) is 0 Å². The summed E-state index contributed by atoms with van der Waals surface area (Å²) in [6.45, 7) is 1.85. The summed E-state index contributed by atoms with van der Waals surface area (Å²) >= 11 is 5.89. The van der Waals surface area contributed by atoms with Gasteiger partial charge in [0.2, 0.25) is 0 Å². The highest BCUT2D eigenvalue weighted by atomic mass is 35.5. The van der Waals surface area contributed by atoms with Crippen molar-refractivity contribution in [2.45, 2.75) is 13.3 Å². The number of rotatable bonds is 2. The fourth-order valence-corrected chi connectivity index (χ4v) is 1.87. The molecule has 2 aromatic rings. The van der Waals surface area contributed by atoms with Crippen molar-refractivity contribution in [2.24, 2.45) is 0 Å². The van der Waals surface area contributed by atoms with Crippen molar-refractivity contribution in [1.82, 2.24) is 9.38 Å². The average molecular weight is 240 g/mol. The van der Waals surface area contributed by atoms with E-state index in [-0.39, 0.29) is 6.42 Å². The van der Waals surface area contributed by atoms with Crippen molar-refractivity contribution in [3.63, 3.8) is 0 Å². The molecule has 5 nitrogen and oxygen atoms in total. The summed E-state index contributed by atoms with van der Waals surface area (Å²) in [5.74, 6) is -0.637. The Kier molecular flexibility index (Phi) is 2.47. The maximum Gasteiger partial charge on any atom is 0.309 e. The van der Waals surface area contributed by atoms with Gasteiger partial charge in [0.05, 0.1) is 17.1 Å². The second-order valence-corrected chi connectivity index (χ2v) is 3.99. The Morgan fingerprint density at radius 2 is 2.38 bits per heavy atom. The van der Waals surface area contributed by atoms with E-state index in [0.717, 1.165) is 5.56 Å². The molecule has 3 N–H and O–H groups in total. The standard InChI is InChI=1S/C10H10ClN3O2/c1-5-2-6(11)4-14-9(12)7(3-8(15)16)13-10(5)14/h2,4H,3,12H2,1H3,(H,15,16). The first-order chi connectivity index (χ1) is 7.49. The highest BCUT2D eigenvalue weighted by Gasteiger charge is 2.14. The normalized spacial score (nSPS) is 10.9. The van der Waals surface area contributed by atoms with Crippen LogP contribution in [0.4, 0.5) is 5.82 Å². The molecule has 2 rings (SSSR count). The summed E-state index contributed by atoms with van der Waals surface area (Å²) in [6, 6.07) is 1.76. The van der Waals surface area contributed by atoms with Gasteiger partial charge in [-0.3, -0.25) is 9.20 Å². The van der Waals surface area contributed by atoms with Crippen molar-refractivity contribution in [3.05, 3.63) is 28.5 Å². The summed E-state index contributed by atoms with van der Waals surface area (Å²) in [5.41, 5.74) is 7.66. The Bertz CT molecular complexity index is 577. The largest absolute Gasteiger partial charge is 0.481 e. The molecule has 6 heteroatoms. The maximum absolute atomic E-state index is 10.6. The van der Waals surface area contributed by atoms with E-state index in [1.165, 1.54) is 0 Å². The van der Waals surface area contributed by atoms with E-state index < -0.39 is 5.97 Å². The number of hydrogen-bond donors (Lipinski definition) is 2. The predicted octanol–water partition coefficient (Wildman–Crippen LogP) is 1.51. The van der Waals surface area contributed by atoms with E-state index >= 15 is 0 Å². The van der Waals surface area contributed by atoms with Gasteiger partial charge in [0, 0.05) is 6.20 Å². The monoisotopic (exact) mass is 239 g/mol. The minimum Gasteiger partial charge on any atom is -0.481 e. The number of pyridine rings is 1. The molecule has 2 heterocycles. The molecule has 2 aromatic heterocycles. The van der Waals surface area contributed by atoms with Crippen LogP contribution in [0.3, 0.4) is 0 Å². The molecule has 16 heavy (non-hydrogen) atoms. The third-order valence-corrected chi connectivity index (χ3v) is 2.51. The van der Waals surface area contributed by atoms with Crippen LogP contribution in [0.1, 0.15) is 11.3 Å². The maximum atomic E-state index is 10.6. The predicted molar refractivity (Wildman–Crippen MR) is 60.7 cm³/mol. The zero-order chi connectivity index (χ0) is 11.9. The molecule has 0 radical (unpaired) electrons. The van der Waals surface area contributed by atoms with Crippen LogP contribution in [-0.2, 0) is 11.2 Å². The van der Waals surface area contributed by atoms with Crippen LogP contribution in [0.15, 0.2) is 12.3 Å². The Labute approximate surface area is 96.5 Å². The van der Waals surface area contributed by atoms with Gasteiger partial charge in [0.1, 0.15) is 11.5 Å². The summed E-state index contributed by atoms with van der Waals surface area (Å²) in [6.07, 6.45) is 1.43. The molecule has 0 amide bonds. The van der Waals surface area contributed by atoms with E-state index in [1.807, 2.05) is 6.92 Å². The topological polar surface area (TPSA) is 80.6 Å². The lowest BCUT2D eigenvalue weighted by Crippen LogP contribution is -2.03. The lowest BCUT2D eigenvalue weighted by molar-refractivity contribution is -0.136. The summed E-state index contributed by atoms with van der Waals surface area (Å²) in [4.78, 5) is 14.8. The van der Waals surface area contributed by atoms with Gasteiger partial charge in [-0.2, -0.15) is 0 Å². The highest BCUT2D eigenvalue weighted by Crippen LogP contribution is 2.21. The van der Waals surface area contributed by atoms with Crippen molar-refractivity contribution in [1.29, 1.82) is 0 Å². The average Bonchev–Trinajstić information content (AvgIpc) is 2.45. The quantitative estimate of drug-likeness (QED) is 0.832. The molecule has 0 fully saturated rings.